The third-order valence-electron chi connectivity index (χ3n) is 2.16. The number of aromatic amines is 1. The van der Waals surface area contributed by atoms with Crippen LogP contribution in [0.4, 0.5) is 4.39 Å². The molecule has 1 heterocycles. The summed E-state index contributed by atoms with van der Waals surface area (Å²) in [7, 11) is 0. The van der Waals surface area contributed by atoms with Crippen molar-refractivity contribution >= 4 is 0 Å². The first-order valence-corrected chi connectivity index (χ1v) is 4.80. The number of rotatable bonds is 3. The fraction of sp³-hybridized carbons (Fsp3) is 0.182. The first-order valence-electron chi connectivity index (χ1n) is 4.80. The normalized spacial score (nSPS) is 10.5. The second-order valence-electron chi connectivity index (χ2n) is 3.33. The van der Waals surface area contributed by atoms with Gasteiger partial charge < -0.3 is 5.73 Å². The molecule has 0 radical (unpaired) electrons. The molecule has 0 aliphatic heterocycles. The van der Waals surface area contributed by atoms with E-state index in [-0.39, 0.29) is 5.82 Å². The Kier molecular flexibility index (Phi) is 2.78. The highest BCUT2D eigenvalue weighted by Gasteiger charge is 2.03. The third-order valence-corrected chi connectivity index (χ3v) is 2.16. The number of nitrogens with zero attached hydrogens (tertiary/aromatic N) is 1. The summed E-state index contributed by atoms with van der Waals surface area (Å²) >= 11 is 0. The van der Waals surface area contributed by atoms with Gasteiger partial charge in [-0.3, -0.25) is 5.10 Å². The zero-order valence-corrected chi connectivity index (χ0v) is 8.20. The lowest BCUT2D eigenvalue weighted by molar-refractivity contribution is 0.628. The van der Waals surface area contributed by atoms with Gasteiger partial charge in [-0.15, -0.1) is 0 Å². The summed E-state index contributed by atoms with van der Waals surface area (Å²) in [6.07, 6.45) is 0.752. The minimum atomic E-state index is -0.254. The molecule has 1 aromatic carbocycles. The Morgan fingerprint density at radius 3 is 2.93 bits per heavy atom. The lowest BCUT2D eigenvalue weighted by atomic mass is 10.1. The van der Waals surface area contributed by atoms with Gasteiger partial charge in [-0.2, -0.15) is 5.10 Å². The van der Waals surface area contributed by atoms with Gasteiger partial charge in [-0.05, 0) is 24.7 Å². The number of nitrogens with one attached hydrogen (secondary N) is 1. The minimum Gasteiger partial charge on any atom is -0.330 e. The van der Waals surface area contributed by atoms with Crippen LogP contribution in [0.2, 0.25) is 0 Å². The zero-order valence-electron chi connectivity index (χ0n) is 8.20. The number of H-pyrrole nitrogens is 1. The molecule has 0 spiro atoms. The van der Waals surface area contributed by atoms with Gasteiger partial charge in [0.15, 0.2) is 0 Å². The SMILES string of the molecule is NCCc1cc(-c2cccc(F)c2)n[nH]1. The molecular formula is C11H12FN3. The highest BCUT2D eigenvalue weighted by Crippen LogP contribution is 2.18. The fourth-order valence-electron chi connectivity index (χ4n) is 1.44. The van der Waals surface area contributed by atoms with Gasteiger partial charge in [0.1, 0.15) is 5.82 Å². The predicted octanol–water partition coefficient (Wildman–Crippen LogP) is 1.72. The van der Waals surface area contributed by atoms with E-state index in [0.29, 0.717) is 6.54 Å². The summed E-state index contributed by atoms with van der Waals surface area (Å²) in [5.41, 5.74) is 7.91. The van der Waals surface area contributed by atoms with Gasteiger partial charge in [0, 0.05) is 17.7 Å². The van der Waals surface area contributed by atoms with Gasteiger partial charge in [-0.1, -0.05) is 12.1 Å². The number of hydrogen-bond donors (Lipinski definition) is 2. The summed E-state index contributed by atoms with van der Waals surface area (Å²) in [4.78, 5) is 0. The van der Waals surface area contributed by atoms with E-state index in [0.717, 1.165) is 23.4 Å². The molecule has 3 nitrogen and oxygen atoms in total. The Bertz CT molecular complexity index is 451. The van der Waals surface area contributed by atoms with E-state index >= 15 is 0 Å². The van der Waals surface area contributed by atoms with Gasteiger partial charge >= 0.3 is 0 Å². The van der Waals surface area contributed by atoms with Crippen LogP contribution in [0.3, 0.4) is 0 Å². The molecule has 0 aliphatic carbocycles. The van der Waals surface area contributed by atoms with Crippen molar-refractivity contribution in [3.8, 4) is 11.3 Å². The van der Waals surface area contributed by atoms with Gasteiger partial charge in [0.25, 0.3) is 0 Å². The molecule has 2 aromatic rings. The summed E-state index contributed by atoms with van der Waals surface area (Å²) in [6.45, 7) is 0.574. The maximum atomic E-state index is 12.9. The number of benzene rings is 1. The second-order valence-corrected chi connectivity index (χ2v) is 3.33. The van der Waals surface area contributed by atoms with E-state index in [1.807, 2.05) is 12.1 Å². The Morgan fingerprint density at radius 1 is 1.33 bits per heavy atom. The van der Waals surface area contributed by atoms with Crippen molar-refractivity contribution in [1.82, 2.24) is 10.2 Å². The molecule has 3 N–H and O–H groups in total. The van der Waals surface area contributed by atoms with Crippen LogP contribution >= 0.6 is 0 Å². The largest absolute Gasteiger partial charge is 0.330 e. The molecule has 0 unspecified atom stereocenters. The van der Waals surface area contributed by atoms with Crippen LogP contribution in [0.25, 0.3) is 11.3 Å². The number of aromatic nitrogens is 2. The zero-order chi connectivity index (χ0) is 10.7. The van der Waals surface area contributed by atoms with Crippen LogP contribution < -0.4 is 5.73 Å². The Hall–Kier alpha value is -1.68. The Morgan fingerprint density at radius 2 is 2.20 bits per heavy atom. The van der Waals surface area contributed by atoms with Gasteiger partial charge in [0.05, 0.1) is 5.69 Å². The second kappa shape index (κ2) is 4.23. The fourth-order valence-corrected chi connectivity index (χ4v) is 1.44. The standard InChI is InChI=1S/C11H12FN3/c12-9-3-1-2-8(6-9)11-7-10(4-5-13)14-15-11/h1-3,6-7H,4-5,13H2,(H,14,15). The molecule has 0 aliphatic rings. The van der Waals surface area contributed by atoms with Gasteiger partial charge in [-0.25, -0.2) is 4.39 Å². The van der Waals surface area contributed by atoms with Crippen LogP contribution in [0, 0.1) is 5.82 Å². The van der Waals surface area contributed by atoms with E-state index in [9.17, 15) is 4.39 Å². The van der Waals surface area contributed by atoms with E-state index in [1.54, 1.807) is 6.07 Å². The highest BCUT2D eigenvalue weighted by molar-refractivity contribution is 5.59. The Balaban J connectivity index is 2.29. The highest BCUT2D eigenvalue weighted by atomic mass is 19.1. The summed E-state index contributed by atoms with van der Waals surface area (Å²) in [5, 5.41) is 6.97. The quantitative estimate of drug-likeness (QED) is 0.801. The molecular weight excluding hydrogens is 193 g/mol. The van der Waals surface area contributed by atoms with E-state index < -0.39 is 0 Å². The first kappa shape index (κ1) is 9.86. The molecule has 2 rings (SSSR count). The molecule has 0 bridgehead atoms. The summed E-state index contributed by atoms with van der Waals surface area (Å²) in [6, 6.07) is 8.26. The molecule has 4 heteroatoms. The predicted molar refractivity (Wildman–Crippen MR) is 56.7 cm³/mol. The van der Waals surface area contributed by atoms with Gasteiger partial charge in [0.2, 0.25) is 0 Å². The monoisotopic (exact) mass is 205 g/mol. The smallest absolute Gasteiger partial charge is 0.123 e. The van der Waals surface area contributed by atoms with E-state index in [2.05, 4.69) is 10.2 Å². The van der Waals surface area contributed by atoms with Crippen molar-refractivity contribution in [2.24, 2.45) is 5.73 Å². The van der Waals surface area contributed by atoms with Crippen LogP contribution in [-0.4, -0.2) is 16.7 Å². The third kappa shape index (κ3) is 2.22. The van der Waals surface area contributed by atoms with Crippen molar-refractivity contribution in [3.05, 3.63) is 41.8 Å². The van der Waals surface area contributed by atoms with Crippen LogP contribution in [0.5, 0.6) is 0 Å². The molecule has 0 amide bonds. The molecule has 15 heavy (non-hydrogen) atoms. The maximum Gasteiger partial charge on any atom is 0.123 e. The van der Waals surface area contributed by atoms with Crippen molar-refractivity contribution < 1.29 is 4.39 Å². The first-order chi connectivity index (χ1) is 7.29. The maximum absolute atomic E-state index is 12.9. The number of hydrogen-bond acceptors (Lipinski definition) is 2. The number of nitrogens with two attached hydrogens (primary N) is 1. The van der Waals surface area contributed by atoms with Crippen molar-refractivity contribution in [1.29, 1.82) is 0 Å². The lowest BCUT2D eigenvalue weighted by Crippen LogP contribution is -2.02. The van der Waals surface area contributed by atoms with Crippen LogP contribution in [-0.2, 0) is 6.42 Å². The lowest BCUT2D eigenvalue weighted by Gasteiger charge is -1.94. The molecule has 0 fully saturated rings. The molecule has 0 atom stereocenters. The molecule has 0 saturated carbocycles. The molecule has 78 valence electrons. The summed E-state index contributed by atoms with van der Waals surface area (Å²) < 4.78 is 12.9. The van der Waals surface area contributed by atoms with E-state index in [4.69, 9.17) is 5.73 Å². The van der Waals surface area contributed by atoms with E-state index in [1.165, 1.54) is 12.1 Å². The van der Waals surface area contributed by atoms with Crippen molar-refractivity contribution in [2.75, 3.05) is 6.54 Å². The van der Waals surface area contributed by atoms with Crippen LogP contribution in [0.1, 0.15) is 5.69 Å². The van der Waals surface area contributed by atoms with Crippen molar-refractivity contribution in [3.63, 3.8) is 0 Å². The molecule has 0 saturated heterocycles. The minimum absolute atomic E-state index is 0.254. The topological polar surface area (TPSA) is 54.7 Å². The Labute approximate surface area is 87.1 Å². The van der Waals surface area contributed by atoms with Crippen molar-refractivity contribution in [2.45, 2.75) is 6.42 Å². The average molecular weight is 205 g/mol. The van der Waals surface area contributed by atoms with Crippen LogP contribution in [0.15, 0.2) is 30.3 Å². The summed E-state index contributed by atoms with van der Waals surface area (Å²) in [5.74, 6) is -0.254. The number of halogens is 1. The molecule has 1 aromatic heterocycles. The average Bonchev–Trinajstić information content (AvgIpc) is 2.67.